The molecule has 0 amide bonds. The first kappa shape index (κ1) is 12.8. The van der Waals surface area contributed by atoms with Crippen LogP contribution in [-0.4, -0.2) is 24.9 Å². The Morgan fingerprint density at radius 1 is 1.15 bits per heavy atom. The molecule has 1 aliphatic rings. The number of benzene rings is 2. The molecule has 7 heteroatoms. The van der Waals surface area contributed by atoms with E-state index < -0.39 is 22.1 Å². The first-order chi connectivity index (χ1) is 9.30. The second-order valence-electron chi connectivity index (χ2n) is 4.45. The number of ether oxygens (including phenoxy) is 1. The van der Waals surface area contributed by atoms with Crippen molar-refractivity contribution in [3.8, 4) is 0 Å². The zero-order valence-corrected chi connectivity index (χ0v) is 11.0. The Morgan fingerprint density at radius 3 is 2.50 bits per heavy atom. The van der Waals surface area contributed by atoms with Crippen LogP contribution in [0.25, 0.3) is 10.8 Å². The number of esters is 2. The van der Waals surface area contributed by atoms with Gasteiger partial charge in [-0.3, -0.25) is 4.55 Å². The summed E-state index contributed by atoms with van der Waals surface area (Å²) in [7, 11) is -4.47. The summed E-state index contributed by atoms with van der Waals surface area (Å²) in [6, 6.07) is 5.51. The third-order valence-corrected chi connectivity index (χ3v) is 4.10. The van der Waals surface area contributed by atoms with Crippen LogP contribution < -0.4 is 0 Å². The van der Waals surface area contributed by atoms with E-state index in [1.54, 1.807) is 0 Å². The van der Waals surface area contributed by atoms with Crippen LogP contribution in [0, 0.1) is 6.92 Å². The lowest BCUT2D eigenvalue weighted by molar-refractivity contribution is 0.0390. The minimum absolute atomic E-state index is 0.103. The Bertz CT molecular complexity index is 895. The van der Waals surface area contributed by atoms with E-state index in [1.807, 2.05) is 0 Å². The first-order valence-corrected chi connectivity index (χ1v) is 7.05. The molecular formula is C13H8O6S. The predicted molar refractivity (Wildman–Crippen MR) is 68.2 cm³/mol. The van der Waals surface area contributed by atoms with E-state index >= 15 is 0 Å². The molecule has 0 saturated heterocycles. The highest BCUT2D eigenvalue weighted by molar-refractivity contribution is 7.86. The molecule has 6 nitrogen and oxygen atoms in total. The highest BCUT2D eigenvalue weighted by Crippen LogP contribution is 2.34. The molecule has 0 saturated carbocycles. The van der Waals surface area contributed by atoms with Crippen molar-refractivity contribution in [2.24, 2.45) is 0 Å². The number of hydrogen-bond acceptors (Lipinski definition) is 5. The van der Waals surface area contributed by atoms with Gasteiger partial charge in [0, 0.05) is 10.8 Å². The van der Waals surface area contributed by atoms with Crippen LogP contribution in [0.4, 0.5) is 0 Å². The van der Waals surface area contributed by atoms with Crippen LogP contribution in [0.1, 0.15) is 26.3 Å². The van der Waals surface area contributed by atoms with Crippen molar-refractivity contribution in [1.29, 1.82) is 0 Å². The van der Waals surface area contributed by atoms with Gasteiger partial charge in [-0.25, -0.2) is 9.59 Å². The van der Waals surface area contributed by atoms with Crippen molar-refractivity contribution < 1.29 is 27.3 Å². The summed E-state index contributed by atoms with van der Waals surface area (Å²) in [5.74, 6) is -1.65. The van der Waals surface area contributed by atoms with Crippen molar-refractivity contribution in [3.05, 3.63) is 41.0 Å². The molecule has 0 aliphatic carbocycles. The molecule has 0 fully saturated rings. The Labute approximate surface area is 113 Å². The second-order valence-corrected chi connectivity index (χ2v) is 5.84. The van der Waals surface area contributed by atoms with Gasteiger partial charge in [0.15, 0.2) is 0 Å². The molecule has 2 aromatic carbocycles. The van der Waals surface area contributed by atoms with E-state index in [0.717, 1.165) is 0 Å². The van der Waals surface area contributed by atoms with E-state index in [4.69, 9.17) is 0 Å². The number of rotatable bonds is 1. The lowest BCUT2D eigenvalue weighted by Crippen LogP contribution is -2.21. The molecule has 20 heavy (non-hydrogen) atoms. The molecule has 0 spiro atoms. The summed E-state index contributed by atoms with van der Waals surface area (Å²) in [6.45, 7) is 1.51. The third kappa shape index (κ3) is 1.64. The van der Waals surface area contributed by atoms with E-state index in [1.165, 1.54) is 31.2 Å². The van der Waals surface area contributed by atoms with Crippen molar-refractivity contribution in [3.63, 3.8) is 0 Å². The van der Waals surface area contributed by atoms with Gasteiger partial charge in [-0.2, -0.15) is 8.42 Å². The van der Waals surface area contributed by atoms with Crippen molar-refractivity contribution >= 4 is 32.8 Å². The number of carbonyl (C=O) groups excluding carboxylic acids is 2. The van der Waals surface area contributed by atoms with Crippen molar-refractivity contribution in [2.75, 3.05) is 0 Å². The normalized spacial score (nSPS) is 14.5. The molecule has 2 aromatic rings. The van der Waals surface area contributed by atoms with Gasteiger partial charge in [-0.05, 0) is 24.6 Å². The SMILES string of the molecule is Cc1cc(S(=O)(=O)O)c2cccc3c2c1C(=O)OC3=O. The quantitative estimate of drug-likeness (QED) is 0.488. The smallest absolute Gasteiger partial charge is 0.346 e. The maximum absolute atomic E-state index is 11.8. The molecule has 0 atom stereocenters. The predicted octanol–water partition coefficient (Wildman–Crippen LogP) is 1.71. The maximum Gasteiger partial charge on any atom is 0.346 e. The maximum atomic E-state index is 11.8. The number of carbonyl (C=O) groups is 2. The average Bonchev–Trinajstić information content (AvgIpc) is 2.34. The number of aryl methyl sites for hydroxylation is 1. The second kappa shape index (κ2) is 3.87. The van der Waals surface area contributed by atoms with Gasteiger partial charge in [0.2, 0.25) is 0 Å². The van der Waals surface area contributed by atoms with Gasteiger partial charge >= 0.3 is 11.9 Å². The lowest BCUT2D eigenvalue weighted by Gasteiger charge is -2.18. The lowest BCUT2D eigenvalue weighted by atomic mass is 9.94. The van der Waals surface area contributed by atoms with Crippen LogP contribution in [0.15, 0.2) is 29.2 Å². The molecule has 3 rings (SSSR count). The van der Waals surface area contributed by atoms with Crippen molar-refractivity contribution in [1.82, 2.24) is 0 Å². The third-order valence-electron chi connectivity index (χ3n) is 3.21. The number of cyclic esters (lactones) is 2. The van der Waals surface area contributed by atoms with Crippen LogP contribution in [-0.2, 0) is 14.9 Å². The minimum atomic E-state index is -4.47. The molecule has 102 valence electrons. The Kier molecular flexibility index (Phi) is 2.47. The van der Waals surface area contributed by atoms with Crippen molar-refractivity contribution in [2.45, 2.75) is 11.8 Å². The fraction of sp³-hybridized carbons (Fsp3) is 0.0769. The highest BCUT2D eigenvalue weighted by Gasteiger charge is 2.31. The van der Waals surface area contributed by atoms with E-state index in [-0.39, 0.29) is 26.8 Å². The molecule has 0 unspecified atom stereocenters. The topological polar surface area (TPSA) is 97.7 Å². The highest BCUT2D eigenvalue weighted by atomic mass is 32.2. The summed E-state index contributed by atoms with van der Waals surface area (Å²) >= 11 is 0. The molecule has 0 aromatic heterocycles. The Balaban J connectivity index is 2.62. The van der Waals surface area contributed by atoms with Crippen LogP contribution in [0.3, 0.4) is 0 Å². The van der Waals surface area contributed by atoms with E-state index in [2.05, 4.69) is 4.74 Å². The monoisotopic (exact) mass is 292 g/mol. The van der Waals surface area contributed by atoms with Gasteiger partial charge in [0.05, 0.1) is 11.1 Å². The standard InChI is InChI=1S/C13H8O6S/c1-6-5-9(20(16,17)18)7-3-2-4-8-11(7)10(6)13(15)19-12(8)14/h2-5H,1H3,(H,16,17,18). The summed E-state index contributed by atoms with van der Waals surface area (Å²) in [6.07, 6.45) is 0. The van der Waals surface area contributed by atoms with Gasteiger partial charge < -0.3 is 4.74 Å². The molecule has 0 bridgehead atoms. The largest absolute Gasteiger partial charge is 0.386 e. The molecular weight excluding hydrogens is 284 g/mol. The van der Waals surface area contributed by atoms with E-state index in [9.17, 15) is 22.6 Å². The Hall–Kier alpha value is -2.25. The van der Waals surface area contributed by atoms with Gasteiger partial charge in [0.1, 0.15) is 4.90 Å². The van der Waals surface area contributed by atoms with E-state index in [0.29, 0.717) is 5.56 Å². The summed E-state index contributed by atoms with van der Waals surface area (Å²) in [4.78, 5) is 23.2. The zero-order chi connectivity index (χ0) is 14.7. The van der Waals surface area contributed by atoms with Gasteiger partial charge in [-0.15, -0.1) is 0 Å². The fourth-order valence-corrected chi connectivity index (χ4v) is 3.18. The average molecular weight is 292 g/mol. The number of hydrogen-bond donors (Lipinski definition) is 1. The van der Waals surface area contributed by atoms with Crippen LogP contribution in [0.5, 0.6) is 0 Å². The zero-order valence-electron chi connectivity index (χ0n) is 10.2. The summed E-state index contributed by atoms with van der Waals surface area (Å²) < 4.78 is 36.8. The Morgan fingerprint density at radius 2 is 1.85 bits per heavy atom. The van der Waals surface area contributed by atoms with Crippen LogP contribution >= 0.6 is 0 Å². The molecule has 1 N–H and O–H groups in total. The molecule has 1 heterocycles. The first-order valence-electron chi connectivity index (χ1n) is 5.61. The van der Waals surface area contributed by atoms with Gasteiger partial charge in [-0.1, -0.05) is 12.1 Å². The van der Waals surface area contributed by atoms with Crippen LogP contribution in [0.2, 0.25) is 0 Å². The van der Waals surface area contributed by atoms with Gasteiger partial charge in [0.25, 0.3) is 10.1 Å². The fourth-order valence-electron chi connectivity index (χ4n) is 2.41. The molecule has 0 radical (unpaired) electrons. The summed E-state index contributed by atoms with van der Waals surface area (Å²) in [5, 5.41) is 0.317. The summed E-state index contributed by atoms with van der Waals surface area (Å²) in [5.41, 5.74) is 0.559. The minimum Gasteiger partial charge on any atom is -0.386 e. The molecule has 1 aliphatic heterocycles.